The number of hydrogen-bond donors (Lipinski definition) is 2. The van der Waals surface area contributed by atoms with Crippen LogP contribution in [0.25, 0.3) is 0 Å². The summed E-state index contributed by atoms with van der Waals surface area (Å²) in [7, 11) is 1.88. The summed E-state index contributed by atoms with van der Waals surface area (Å²) in [5.41, 5.74) is 5.80. The molecule has 0 aromatic carbocycles. The molecule has 3 N–H and O–H groups in total. The van der Waals surface area contributed by atoms with Gasteiger partial charge in [-0.3, -0.25) is 0 Å². The van der Waals surface area contributed by atoms with Crippen LogP contribution in [-0.2, 0) is 4.74 Å². The number of likely N-dealkylation sites (N-methyl/N-ethyl adjacent to an activating group) is 1. The maximum Gasteiger partial charge on any atom is 0.317 e. The Morgan fingerprint density at radius 1 is 1.44 bits per heavy atom. The lowest BCUT2D eigenvalue weighted by atomic mass is 9.80. The van der Waals surface area contributed by atoms with Gasteiger partial charge in [-0.05, 0) is 19.3 Å². The topological polar surface area (TPSA) is 67.6 Å². The zero-order valence-corrected chi connectivity index (χ0v) is 11.3. The predicted octanol–water partition coefficient (Wildman–Crippen LogP) is 1.08. The van der Waals surface area contributed by atoms with Crippen molar-refractivity contribution in [1.82, 2.24) is 10.2 Å². The highest BCUT2D eigenvalue weighted by Gasteiger charge is 2.37. The van der Waals surface area contributed by atoms with Gasteiger partial charge in [0.2, 0.25) is 0 Å². The van der Waals surface area contributed by atoms with Gasteiger partial charge in [0.15, 0.2) is 0 Å². The third-order valence-corrected chi connectivity index (χ3v) is 4.44. The molecule has 0 spiro atoms. The molecule has 0 aromatic heterocycles. The molecule has 0 bridgehead atoms. The number of hydrogen-bond acceptors (Lipinski definition) is 3. The molecule has 2 aliphatic rings. The summed E-state index contributed by atoms with van der Waals surface area (Å²) in [6.07, 6.45) is 6.55. The summed E-state index contributed by atoms with van der Waals surface area (Å²) in [6, 6.07) is 0.163. The minimum atomic E-state index is -0.137. The highest BCUT2D eigenvalue weighted by Crippen LogP contribution is 2.32. The Kier molecular flexibility index (Phi) is 4.45. The number of nitrogens with one attached hydrogen (secondary N) is 1. The van der Waals surface area contributed by atoms with Crippen molar-refractivity contribution in [3.8, 4) is 0 Å². The van der Waals surface area contributed by atoms with E-state index in [0.717, 1.165) is 25.9 Å². The molecule has 1 saturated heterocycles. The van der Waals surface area contributed by atoms with Crippen LogP contribution in [0.15, 0.2) is 0 Å². The van der Waals surface area contributed by atoms with Crippen LogP contribution in [-0.4, -0.2) is 49.3 Å². The van der Waals surface area contributed by atoms with E-state index in [4.69, 9.17) is 10.5 Å². The van der Waals surface area contributed by atoms with E-state index in [1.165, 1.54) is 19.3 Å². The smallest absolute Gasteiger partial charge is 0.317 e. The van der Waals surface area contributed by atoms with Crippen molar-refractivity contribution in [2.24, 2.45) is 5.73 Å². The molecule has 2 fully saturated rings. The van der Waals surface area contributed by atoms with Crippen LogP contribution >= 0.6 is 0 Å². The van der Waals surface area contributed by atoms with E-state index in [1.807, 2.05) is 11.9 Å². The van der Waals surface area contributed by atoms with Gasteiger partial charge in [-0.15, -0.1) is 0 Å². The fraction of sp³-hybridized carbons (Fsp3) is 0.923. The molecule has 5 heteroatoms. The first-order valence-electron chi connectivity index (χ1n) is 7.00. The lowest BCUT2D eigenvalue weighted by Crippen LogP contribution is -2.59. The molecule has 0 aromatic rings. The molecule has 0 radical (unpaired) electrons. The van der Waals surface area contributed by atoms with E-state index in [-0.39, 0.29) is 17.6 Å². The molecule has 2 amide bonds. The summed E-state index contributed by atoms with van der Waals surface area (Å²) in [5, 5.41) is 3.04. The normalized spacial score (nSPS) is 26.9. The maximum atomic E-state index is 12.3. The number of carbonyl (C=O) groups excluding carboxylic acids is 1. The first-order valence-corrected chi connectivity index (χ1v) is 7.00. The van der Waals surface area contributed by atoms with Gasteiger partial charge in [0.1, 0.15) is 0 Å². The Hall–Kier alpha value is -0.810. The van der Waals surface area contributed by atoms with E-state index in [9.17, 15) is 4.79 Å². The molecule has 18 heavy (non-hydrogen) atoms. The molecular formula is C13H25N3O2. The summed E-state index contributed by atoms with van der Waals surface area (Å²) in [5.74, 6) is 0. The number of nitrogens with two attached hydrogens (primary N) is 1. The second kappa shape index (κ2) is 5.89. The Bertz CT molecular complexity index is 284. The van der Waals surface area contributed by atoms with Gasteiger partial charge in [-0.25, -0.2) is 4.79 Å². The molecule has 104 valence electrons. The molecule has 5 nitrogen and oxygen atoms in total. The average molecular weight is 255 g/mol. The highest BCUT2D eigenvalue weighted by molar-refractivity contribution is 5.75. The third-order valence-electron chi connectivity index (χ3n) is 4.44. The van der Waals surface area contributed by atoms with Gasteiger partial charge < -0.3 is 20.7 Å². The summed E-state index contributed by atoms with van der Waals surface area (Å²) in [4.78, 5) is 14.1. The Morgan fingerprint density at radius 3 is 2.72 bits per heavy atom. The van der Waals surface area contributed by atoms with Crippen molar-refractivity contribution in [3.05, 3.63) is 0 Å². The first kappa shape index (κ1) is 13.6. The number of carbonyl (C=O) groups is 1. The number of rotatable bonds is 3. The Labute approximate surface area is 109 Å². The second-order valence-electron chi connectivity index (χ2n) is 5.56. The molecule has 1 aliphatic heterocycles. The zero-order chi connectivity index (χ0) is 13.0. The van der Waals surface area contributed by atoms with Gasteiger partial charge in [0.05, 0.1) is 18.2 Å². The van der Waals surface area contributed by atoms with Crippen LogP contribution in [0.2, 0.25) is 0 Å². The molecule has 1 saturated carbocycles. The molecule has 1 unspecified atom stereocenters. The van der Waals surface area contributed by atoms with Gasteiger partial charge >= 0.3 is 6.03 Å². The van der Waals surface area contributed by atoms with Crippen molar-refractivity contribution < 1.29 is 9.53 Å². The van der Waals surface area contributed by atoms with Crippen molar-refractivity contribution >= 4 is 6.03 Å². The second-order valence-corrected chi connectivity index (χ2v) is 5.56. The average Bonchev–Trinajstić information content (AvgIpc) is 2.91. The van der Waals surface area contributed by atoms with E-state index in [1.54, 1.807) is 0 Å². The number of ether oxygens (including phenoxy) is 1. The fourth-order valence-electron chi connectivity index (χ4n) is 3.02. The third kappa shape index (κ3) is 2.78. The van der Waals surface area contributed by atoms with Crippen molar-refractivity contribution in [2.45, 2.75) is 50.1 Å². The summed E-state index contributed by atoms with van der Waals surface area (Å²) in [6.45, 7) is 1.93. The monoisotopic (exact) mass is 255 g/mol. The van der Waals surface area contributed by atoms with Crippen LogP contribution < -0.4 is 11.1 Å². The van der Waals surface area contributed by atoms with E-state index in [0.29, 0.717) is 13.2 Å². The van der Waals surface area contributed by atoms with Crippen molar-refractivity contribution in [2.75, 3.05) is 26.8 Å². The Morgan fingerprint density at radius 2 is 2.17 bits per heavy atom. The predicted molar refractivity (Wildman–Crippen MR) is 70.4 cm³/mol. The van der Waals surface area contributed by atoms with Gasteiger partial charge in [0.25, 0.3) is 0 Å². The quantitative estimate of drug-likeness (QED) is 0.793. The maximum absolute atomic E-state index is 12.3. The largest absolute Gasteiger partial charge is 0.379 e. The van der Waals surface area contributed by atoms with Crippen LogP contribution in [0.3, 0.4) is 0 Å². The van der Waals surface area contributed by atoms with Crippen molar-refractivity contribution in [1.29, 1.82) is 0 Å². The highest BCUT2D eigenvalue weighted by atomic mass is 16.5. The number of urea groups is 1. The molecule has 1 aliphatic carbocycles. The molecular weight excluding hydrogens is 230 g/mol. The number of amides is 2. The van der Waals surface area contributed by atoms with Gasteiger partial charge in [-0.2, -0.15) is 0 Å². The lowest BCUT2D eigenvalue weighted by Gasteiger charge is -2.44. The van der Waals surface area contributed by atoms with Crippen LogP contribution in [0.1, 0.15) is 38.5 Å². The lowest BCUT2D eigenvalue weighted by molar-refractivity contribution is 0.101. The summed E-state index contributed by atoms with van der Waals surface area (Å²) >= 11 is 0. The SMILES string of the molecule is CN(C(=O)NC1CCOC1)C1(CN)CCCCC1. The molecule has 2 rings (SSSR count). The zero-order valence-electron chi connectivity index (χ0n) is 11.3. The Balaban J connectivity index is 1.94. The van der Waals surface area contributed by atoms with E-state index in [2.05, 4.69) is 5.32 Å². The van der Waals surface area contributed by atoms with Crippen LogP contribution in [0.5, 0.6) is 0 Å². The van der Waals surface area contributed by atoms with E-state index >= 15 is 0 Å². The molecule has 1 atom stereocenters. The fourth-order valence-corrected chi connectivity index (χ4v) is 3.02. The van der Waals surface area contributed by atoms with Crippen molar-refractivity contribution in [3.63, 3.8) is 0 Å². The van der Waals surface area contributed by atoms with Crippen LogP contribution in [0.4, 0.5) is 4.79 Å². The minimum absolute atomic E-state index is 0.00199. The van der Waals surface area contributed by atoms with E-state index < -0.39 is 0 Å². The summed E-state index contributed by atoms with van der Waals surface area (Å²) < 4.78 is 5.28. The first-order chi connectivity index (χ1) is 8.68. The number of nitrogens with zero attached hydrogens (tertiary/aromatic N) is 1. The van der Waals surface area contributed by atoms with Gasteiger partial charge in [0, 0.05) is 20.2 Å². The van der Waals surface area contributed by atoms with Gasteiger partial charge in [-0.1, -0.05) is 19.3 Å². The minimum Gasteiger partial charge on any atom is -0.379 e. The standard InChI is InChI=1S/C13H25N3O2/c1-16(12(17)15-11-5-8-18-9-11)13(10-14)6-3-2-4-7-13/h11H,2-10,14H2,1H3,(H,15,17). The molecule has 1 heterocycles. The van der Waals surface area contributed by atoms with Crippen LogP contribution in [0, 0.1) is 0 Å².